The average Bonchev–Trinajstić information content (AvgIpc) is 3.17. The predicted molar refractivity (Wildman–Crippen MR) is 126 cm³/mol. The average molecular weight is 504 g/mol. The summed E-state index contributed by atoms with van der Waals surface area (Å²) in [6, 6.07) is 11.6. The fourth-order valence-electron chi connectivity index (χ4n) is 3.59. The Bertz CT molecular complexity index is 1420. The number of hydrogen-bond donors (Lipinski definition) is 3. The molecule has 4 aromatic rings. The molecule has 7 nitrogen and oxygen atoms in total. The van der Waals surface area contributed by atoms with Gasteiger partial charge in [-0.3, -0.25) is 4.79 Å². The summed E-state index contributed by atoms with van der Waals surface area (Å²) in [6.07, 6.45) is 1.51. The second-order valence-electron chi connectivity index (χ2n) is 8.30. The zero-order valence-corrected chi connectivity index (χ0v) is 19.4. The van der Waals surface area contributed by atoms with Crippen LogP contribution in [0.1, 0.15) is 28.4 Å². The van der Waals surface area contributed by atoms with Crippen LogP contribution in [0.25, 0.3) is 16.8 Å². The molecule has 0 unspecified atom stereocenters. The second kappa shape index (κ2) is 8.86. The van der Waals surface area contributed by atoms with Gasteiger partial charge in [0.1, 0.15) is 5.82 Å². The van der Waals surface area contributed by atoms with Crippen molar-refractivity contribution < 1.29 is 23.1 Å². The maximum absolute atomic E-state index is 15.4. The molecular formula is C24H21ClF3N5O2. The summed E-state index contributed by atoms with van der Waals surface area (Å²) in [4.78, 5) is 16.8. The monoisotopic (exact) mass is 503 g/mol. The van der Waals surface area contributed by atoms with Gasteiger partial charge in [0, 0.05) is 11.8 Å². The fourth-order valence-corrected chi connectivity index (χ4v) is 3.82. The summed E-state index contributed by atoms with van der Waals surface area (Å²) in [5.41, 5.74) is 3.88. The molecule has 0 spiro atoms. The van der Waals surface area contributed by atoms with Crippen molar-refractivity contribution in [1.29, 1.82) is 0 Å². The lowest BCUT2D eigenvalue weighted by atomic mass is 9.88. The first-order chi connectivity index (χ1) is 16.4. The molecule has 0 fully saturated rings. The molecule has 2 aromatic heterocycles. The highest BCUT2D eigenvalue weighted by Crippen LogP contribution is 2.37. The standard InChI is InChI=1S/C24H21ClF3N5O2/c1-13-3-5-15(6-4-13)23(2,35)24(27,28)12-30-21(34)19-17(25)8-7-16(20(19)26)14-9-10-33-18(11-14)31-22(29)32-33/h3-11,35H,12H2,1-2H3,(H2,29,32)(H,30,34)/t23-/m1/s1. The molecule has 1 atom stereocenters. The van der Waals surface area contributed by atoms with Crippen LogP contribution in [0.2, 0.25) is 5.02 Å². The lowest BCUT2D eigenvalue weighted by molar-refractivity contribution is -0.173. The predicted octanol–water partition coefficient (Wildman–Crippen LogP) is 4.35. The van der Waals surface area contributed by atoms with E-state index in [-0.39, 0.29) is 22.1 Å². The van der Waals surface area contributed by atoms with Crippen LogP contribution in [-0.4, -0.2) is 38.1 Å². The summed E-state index contributed by atoms with van der Waals surface area (Å²) >= 11 is 6.05. The van der Waals surface area contributed by atoms with Crippen molar-refractivity contribution in [2.75, 3.05) is 12.3 Å². The number of nitrogen functional groups attached to an aromatic ring is 1. The minimum absolute atomic E-state index is 0.00188. The molecule has 0 aliphatic rings. The Labute approximate surface area is 203 Å². The van der Waals surface area contributed by atoms with Gasteiger partial charge in [0.25, 0.3) is 11.8 Å². The van der Waals surface area contributed by atoms with Crippen molar-refractivity contribution in [3.8, 4) is 11.1 Å². The quantitative estimate of drug-likeness (QED) is 0.363. The number of nitrogens with two attached hydrogens (primary N) is 1. The van der Waals surface area contributed by atoms with Gasteiger partial charge >= 0.3 is 0 Å². The van der Waals surface area contributed by atoms with Gasteiger partial charge in [-0.2, -0.15) is 4.98 Å². The third kappa shape index (κ3) is 4.54. The Kier molecular flexibility index (Phi) is 6.20. The highest BCUT2D eigenvalue weighted by atomic mass is 35.5. The number of benzene rings is 2. The molecular weight excluding hydrogens is 483 g/mol. The molecule has 182 valence electrons. The van der Waals surface area contributed by atoms with Crippen LogP contribution in [-0.2, 0) is 5.60 Å². The lowest BCUT2D eigenvalue weighted by Crippen LogP contribution is -2.50. The number of alkyl halides is 2. The molecule has 2 heterocycles. The van der Waals surface area contributed by atoms with Crippen molar-refractivity contribution in [3.05, 3.63) is 82.3 Å². The van der Waals surface area contributed by atoms with E-state index in [1.54, 1.807) is 19.1 Å². The second-order valence-corrected chi connectivity index (χ2v) is 8.70. The Hall–Kier alpha value is -3.63. The first-order valence-corrected chi connectivity index (χ1v) is 10.8. The summed E-state index contributed by atoms with van der Waals surface area (Å²) in [5.74, 6) is -5.90. The molecule has 0 bridgehead atoms. The third-order valence-corrected chi connectivity index (χ3v) is 6.09. The number of hydrogen-bond acceptors (Lipinski definition) is 5. The maximum atomic E-state index is 15.4. The molecule has 0 aliphatic carbocycles. The van der Waals surface area contributed by atoms with Crippen LogP contribution in [0.3, 0.4) is 0 Å². The maximum Gasteiger partial charge on any atom is 0.296 e. The van der Waals surface area contributed by atoms with Crippen molar-refractivity contribution in [1.82, 2.24) is 19.9 Å². The Balaban J connectivity index is 1.60. The summed E-state index contributed by atoms with van der Waals surface area (Å²) < 4.78 is 46.7. The number of anilines is 1. The van der Waals surface area contributed by atoms with Crippen LogP contribution in [0.15, 0.2) is 54.7 Å². The minimum atomic E-state index is -3.78. The Morgan fingerprint density at radius 3 is 2.57 bits per heavy atom. The van der Waals surface area contributed by atoms with Crippen molar-refractivity contribution in [2.45, 2.75) is 25.4 Å². The normalized spacial score (nSPS) is 13.6. The molecule has 0 aliphatic heterocycles. The number of carbonyl (C=O) groups excluding carboxylic acids is 1. The molecule has 0 radical (unpaired) electrons. The molecule has 0 saturated carbocycles. The minimum Gasteiger partial charge on any atom is -0.379 e. The number of rotatable bonds is 6. The molecule has 4 rings (SSSR count). The van der Waals surface area contributed by atoms with Crippen LogP contribution in [0.5, 0.6) is 0 Å². The summed E-state index contributed by atoms with van der Waals surface area (Å²) in [5, 5.41) is 16.2. The van der Waals surface area contributed by atoms with Gasteiger partial charge in [-0.15, -0.1) is 5.10 Å². The molecule has 35 heavy (non-hydrogen) atoms. The van der Waals surface area contributed by atoms with Gasteiger partial charge in [-0.25, -0.2) is 17.7 Å². The van der Waals surface area contributed by atoms with E-state index in [2.05, 4.69) is 10.1 Å². The SMILES string of the molecule is Cc1ccc([C@@](C)(O)C(F)(F)CNC(=O)c2c(Cl)ccc(-c3ccn4nc(N)nc4c3)c2F)cc1. The molecule has 11 heteroatoms. The number of halogens is 4. The first-order valence-electron chi connectivity index (χ1n) is 10.5. The van der Waals surface area contributed by atoms with E-state index in [4.69, 9.17) is 17.3 Å². The van der Waals surface area contributed by atoms with Gasteiger partial charge in [0.05, 0.1) is 17.1 Å². The summed E-state index contributed by atoms with van der Waals surface area (Å²) in [6.45, 7) is 1.48. The van der Waals surface area contributed by atoms with E-state index in [0.29, 0.717) is 11.2 Å². The molecule has 0 saturated heterocycles. The van der Waals surface area contributed by atoms with Crippen molar-refractivity contribution >= 4 is 29.1 Å². The highest BCUT2D eigenvalue weighted by molar-refractivity contribution is 6.34. The van der Waals surface area contributed by atoms with E-state index in [1.807, 2.05) is 5.32 Å². The zero-order chi connectivity index (χ0) is 25.5. The number of amides is 1. The number of aliphatic hydroxyl groups is 1. The van der Waals surface area contributed by atoms with E-state index in [0.717, 1.165) is 12.5 Å². The summed E-state index contributed by atoms with van der Waals surface area (Å²) in [7, 11) is 0. The van der Waals surface area contributed by atoms with E-state index < -0.39 is 35.4 Å². The molecule has 2 aromatic carbocycles. The van der Waals surface area contributed by atoms with Crippen LogP contribution >= 0.6 is 11.6 Å². The van der Waals surface area contributed by atoms with Crippen molar-refractivity contribution in [2.24, 2.45) is 0 Å². The van der Waals surface area contributed by atoms with Crippen molar-refractivity contribution in [3.63, 3.8) is 0 Å². The third-order valence-electron chi connectivity index (χ3n) is 5.78. The number of pyridine rings is 1. The number of aryl methyl sites for hydroxylation is 1. The lowest BCUT2D eigenvalue weighted by Gasteiger charge is -2.33. The van der Waals surface area contributed by atoms with Crippen LogP contribution in [0, 0.1) is 12.7 Å². The molecule has 1 amide bonds. The Morgan fingerprint density at radius 1 is 1.20 bits per heavy atom. The number of nitrogens with zero attached hydrogens (tertiary/aromatic N) is 3. The smallest absolute Gasteiger partial charge is 0.296 e. The van der Waals surface area contributed by atoms with Gasteiger partial charge in [0.15, 0.2) is 11.2 Å². The number of carbonyl (C=O) groups is 1. The number of fused-ring (bicyclic) bond motifs is 1. The Morgan fingerprint density at radius 2 is 1.89 bits per heavy atom. The fraction of sp³-hybridized carbons (Fsp3) is 0.208. The number of aromatic nitrogens is 3. The number of nitrogens with one attached hydrogen (secondary N) is 1. The zero-order valence-electron chi connectivity index (χ0n) is 18.7. The van der Waals surface area contributed by atoms with Crippen LogP contribution in [0.4, 0.5) is 19.1 Å². The topological polar surface area (TPSA) is 106 Å². The van der Waals surface area contributed by atoms with Crippen LogP contribution < -0.4 is 11.1 Å². The van der Waals surface area contributed by atoms with Gasteiger partial charge in [-0.05, 0) is 49.2 Å². The van der Waals surface area contributed by atoms with Gasteiger partial charge in [0.2, 0.25) is 5.95 Å². The van der Waals surface area contributed by atoms with E-state index in [9.17, 15) is 18.7 Å². The van der Waals surface area contributed by atoms with E-state index >= 15 is 4.39 Å². The first kappa shape index (κ1) is 24.5. The van der Waals surface area contributed by atoms with E-state index in [1.165, 1.54) is 47.1 Å². The largest absolute Gasteiger partial charge is 0.379 e. The molecule has 4 N–H and O–H groups in total. The highest BCUT2D eigenvalue weighted by Gasteiger charge is 2.50. The van der Waals surface area contributed by atoms with Gasteiger partial charge in [-0.1, -0.05) is 41.4 Å². The van der Waals surface area contributed by atoms with Gasteiger partial charge < -0.3 is 16.2 Å².